The predicted octanol–water partition coefficient (Wildman–Crippen LogP) is 4.04. The number of nitro benzene ring substituents is 1. The number of hydrogen-bond donors (Lipinski definition) is 1. The lowest BCUT2D eigenvalue weighted by Crippen LogP contribution is -2.52. The van der Waals surface area contributed by atoms with Crippen molar-refractivity contribution in [2.75, 3.05) is 17.4 Å². The van der Waals surface area contributed by atoms with Gasteiger partial charge in [-0.25, -0.2) is 8.42 Å². The maximum Gasteiger partial charge on any atom is 0.271 e. The summed E-state index contributed by atoms with van der Waals surface area (Å²) in [5.41, 5.74) is 1.39. The van der Waals surface area contributed by atoms with Gasteiger partial charge in [0.2, 0.25) is 11.8 Å². The number of nitrogens with zero attached hydrogens (tertiary/aromatic N) is 3. The first-order valence-corrected chi connectivity index (χ1v) is 14.0. The van der Waals surface area contributed by atoms with Crippen LogP contribution >= 0.6 is 0 Å². The van der Waals surface area contributed by atoms with Crippen molar-refractivity contribution >= 4 is 33.2 Å². The van der Waals surface area contributed by atoms with Crippen LogP contribution in [0.4, 0.5) is 11.4 Å². The van der Waals surface area contributed by atoms with E-state index in [1.165, 1.54) is 35.2 Å². The fourth-order valence-electron chi connectivity index (χ4n) is 4.23. The van der Waals surface area contributed by atoms with Crippen molar-refractivity contribution in [1.82, 2.24) is 10.2 Å². The molecule has 2 amide bonds. The first-order valence-electron chi connectivity index (χ1n) is 12.5. The number of nitrogens with one attached hydrogen (secondary N) is 1. The summed E-state index contributed by atoms with van der Waals surface area (Å²) in [4.78, 5) is 39.0. The minimum Gasteiger partial charge on any atom is -0.355 e. The number of nitro groups is 1. The summed E-state index contributed by atoms with van der Waals surface area (Å²) in [7, 11) is -4.30. The molecule has 0 saturated heterocycles. The molecule has 10 nitrogen and oxygen atoms in total. The molecule has 0 spiro atoms. The van der Waals surface area contributed by atoms with Gasteiger partial charge in [-0.05, 0) is 44.0 Å². The Balaban J connectivity index is 2.09. The molecule has 0 aromatic heterocycles. The Labute approximate surface area is 228 Å². The van der Waals surface area contributed by atoms with Crippen LogP contribution in [0.5, 0.6) is 0 Å². The van der Waals surface area contributed by atoms with Crippen LogP contribution in [-0.4, -0.2) is 49.2 Å². The second kappa shape index (κ2) is 13.0. The van der Waals surface area contributed by atoms with Gasteiger partial charge in [0.1, 0.15) is 12.6 Å². The molecule has 1 unspecified atom stereocenters. The van der Waals surface area contributed by atoms with Gasteiger partial charge in [0.05, 0.1) is 15.5 Å². The van der Waals surface area contributed by atoms with Gasteiger partial charge in [0, 0.05) is 25.2 Å². The zero-order chi connectivity index (χ0) is 28.6. The topological polar surface area (TPSA) is 130 Å². The summed E-state index contributed by atoms with van der Waals surface area (Å²) in [6.07, 6.45) is 0.297. The number of anilines is 1. The van der Waals surface area contributed by atoms with Crippen LogP contribution in [0.25, 0.3) is 0 Å². The molecule has 0 aliphatic carbocycles. The van der Waals surface area contributed by atoms with Gasteiger partial charge in [-0.1, -0.05) is 61.0 Å². The van der Waals surface area contributed by atoms with Crippen LogP contribution in [0.15, 0.2) is 83.8 Å². The van der Waals surface area contributed by atoms with Gasteiger partial charge in [0.15, 0.2) is 0 Å². The molecule has 3 aromatic rings. The highest BCUT2D eigenvalue weighted by Gasteiger charge is 2.34. The molecule has 11 heteroatoms. The van der Waals surface area contributed by atoms with E-state index in [2.05, 4.69) is 5.32 Å². The normalized spacial score (nSPS) is 11.9. The molecule has 3 rings (SSSR count). The zero-order valence-electron chi connectivity index (χ0n) is 22.1. The van der Waals surface area contributed by atoms with Crippen molar-refractivity contribution < 1.29 is 22.9 Å². The fourth-order valence-corrected chi connectivity index (χ4v) is 5.66. The van der Waals surface area contributed by atoms with E-state index in [4.69, 9.17) is 0 Å². The Morgan fingerprint density at radius 3 is 2.28 bits per heavy atom. The Morgan fingerprint density at radius 1 is 0.974 bits per heavy atom. The Morgan fingerprint density at radius 2 is 1.67 bits per heavy atom. The average Bonchev–Trinajstić information content (AvgIpc) is 2.92. The lowest BCUT2D eigenvalue weighted by atomic mass is 10.1. The van der Waals surface area contributed by atoms with Crippen LogP contribution in [0.1, 0.15) is 31.4 Å². The van der Waals surface area contributed by atoms with E-state index in [0.717, 1.165) is 21.5 Å². The third-order valence-corrected chi connectivity index (χ3v) is 7.90. The second-order valence-electron chi connectivity index (χ2n) is 8.93. The van der Waals surface area contributed by atoms with E-state index in [0.29, 0.717) is 13.0 Å². The lowest BCUT2D eigenvalue weighted by Gasteiger charge is -2.33. The molecule has 1 atom stereocenters. The Bertz CT molecular complexity index is 1430. The third-order valence-electron chi connectivity index (χ3n) is 6.11. The molecule has 1 N–H and O–H groups in total. The number of non-ortho nitro benzene ring substituents is 1. The van der Waals surface area contributed by atoms with E-state index in [1.54, 1.807) is 32.0 Å². The summed E-state index contributed by atoms with van der Waals surface area (Å²) in [6, 6.07) is 19.3. The second-order valence-corrected chi connectivity index (χ2v) is 10.8. The SMILES string of the molecule is CCNC(=O)C(CC)N(Cc1cccc(C)c1)C(=O)CN(c1cccc([N+](=O)[O-])c1)S(=O)(=O)c1ccccc1. The summed E-state index contributed by atoms with van der Waals surface area (Å²) < 4.78 is 28.4. The standard InChI is InChI=1S/C28H32N4O6S/c1-4-26(28(34)29-5-2)30(19-22-12-9-11-21(3)17-22)27(33)20-31(23-13-10-14-24(18-23)32(35)36)39(37,38)25-15-7-6-8-16-25/h6-18,26H,4-5,19-20H2,1-3H3,(H,29,34). The average molecular weight is 553 g/mol. The highest BCUT2D eigenvalue weighted by Crippen LogP contribution is 2.27. The Hall–Kier alpha value is -4.25. The molecular formula is C28H32N4O6S. The van der Waals surface area contributed by atoms with Crippen LogP contribution in [0.2, 0.25) is 0 Å². The first-order chi connectivity index (χ1) is 18.6. The number of carbonyl (C=O) groups is 2. The molecule has 206 valence electrons. The van der Waals surface area contributed by atoms with Gasteiger partial charge in [-0.15, -0.1) is 0 Å². The Kier molecular flexibility index (Phi) is 9.78. The van der Waals surface area contributed by atoms with Crippen LogP contribution in [0, 0.1) is 17.0 Å². The van der Waals surface area contributed by atoms with E-state index in [1.807, 2.05) is 31.2 Å². The van der Waals surface area contributed by atoms with Gasteiger partial charge in [-0.2, -0.15) is 0 Å². The van der Waals surface area contributed by atoms with Gasteiger partial charge in [-0.3, -0.25) is 24.0 Å². The van der Waals surface area contributed by atoms with E-state index >= 15 is 0 Å². The summed E-state index contributed by atoms with van der Waals surface area (Å²) in [5, 5.41) is 14.2. The maximum absolute atomic E-state index is 13.9. The molecule has 0 radical (unpaired) electrons. The number of sulfonamides is 1. The number of rotatable bonds is 12. The van der Waals surface area contributed by atoms with Crippen LogP contribution < -0.4 is 9.62 Å². The molecule has 0 fully saturated rings. The summed E-state index contributed by atoms with van der Waals surface area (Å²) >= 11 is 0. The number of aryl methyl sites for hydroxylation is 1. The third kappa shape index (κ3) is 7.20. The zero-order valence-corrected chi connectivity index (χ0v) is 22.9. The number of hydrogen-bond acceptors (Lipinski definition) is 6. The predicted molar refractivity (Wildman–Crippen MR) is 149 cm³/mol. The molecule has 0 bridgehead atoms. The van der Waals surface area contributed by atoms with Crippen molar-refractivity contribution in [3.8, 4) is 0 Å². The fraction of sp³-hybridized carbons (Fsp3) is 0.286. The van der Waals surface area contributed by atoms with Crippen molar-refractivity contribution in [2.45, 2.75) is 44.7 Å². The number of likely N-dealkylation sites (N-methyl/N-ethyl adjacent to an activating group) is 1. The molecule has 0 heterocycles. The van der Waals surface area contributed by atoms with E-state index < -0.39 is 33.4 Å². The van der Waals surface area contributed by atoms with Gasteiger partial charge in [0.25, 0.3) is 15.7 Å². The first kappa shape index (κ1) is 29.3. The number of carbonyl (C=O) groups excluding carboxylic acids is 2. The molecule has 0 aliphatic heterocycles. The smallest absolute Gasteiger partial charge is 0.271 e. The molecule has 39 heavy (non-hydrogen) atoms. The molecule has 0 aliphatic rings. The highest BCUT2D eigenvalue weighted by atomic mass is 32.2. The summed E-state index contributed by atoms with van der Waals surface area (Å²) in [5.74, 6) is -0.977. The van der Waals surface area contributed by atoms with Gasteiger partial charge >= 0.3 is 0 Å². The maximum atomic E-state index is 13.9. The number of amides is 2. The minimum absolute atomic E-state index is 0.0389. The molecular weight excluding hydrogens is 520 g/mol. The monoisotopic (exact) mass is 552 g/mol. The largest absolute Gasteiger partial charge is 0.355 e. The number of benzene rings is 3. The van der Waals surface area contributed by atoms with E-state index in [9.17, 15) is 28.1 Å². The highest BCUT2D eigenvalue weighted by molar-refractivity contribution is 7.92. The quantitative estimate of drug-likeness (QED) is 0.267. The summed E-state index contributed by atoms with van der Waals surface area (Å²) in [6.45, 7) is 5.23. The van der Waals surface area contributed by atoms with Crippen molar-refractivity contribution in [3.05, 3.63) is 100 Å². The van der Waals surface area contributed by atoms with Crippen LogP contribution in [-0.2, 0) is 26.2 Å². The lowest BCUT2D eigenvalue weighted by molar-refractivity contribution is -0.384. The van der Waals surface area contributed by atoms with Crippen molar-refractivity contribution in [3.63, 3.8) is 0 Å². The van der Waals surface area contributed by atoms with Crippen molar-refractivity contribution in [1.29, 1.82) is 0 Å². The van der Waals surface area contributed by atoms with Crippen LogP contribution in [0.3, 0.4) is 0 Å². The molecule has 3 aromatic carbocycles. The van der Waals surface area contributed by atoms with Gasteiger partial charge < -0.3 is 10.2 Å². The minimum atomic E-state index is -4.30. The molecule has 0 saturated carbocycles. The van der Waals surface area contributed by atoms with E-state index in [-0.39, 0.29) is 28.7 Å². The van der Waals surface area contributed by atoms with Crippen molar-refractivity contribution in [2.24, 2.45) is 0 Å².